The van der Waals surface area contributed by atoms with Gasteiger partial charge in [0.05, 0.1) is 17.4 Å². The van der Waals surface area contributed by atoms with Crippen molar-refractivity contribution in [2.45, 2.75) is 13.8 Å². The summed E-state index contributed by atoms with van der Waals surface area (Å²) in [6.45, 7) is 5.17. The van der Waals surface area contributed by atoms with Crippen molar-refractivity contribution in [1.82, 2.24) is 14.7 Å². The first kappa shape index (κ1) is 18.4. The van der Waals surface area contributed by atoms with Crippen molar-refractivity contribution in [2.24, 2.45) is 0 Å². The lowest BCUT2D eigenvalue weighted by molar-refractivity contribution is 0.0772. The van der Waals surface area contributed by atoms with E-state index < -0.39 is 0 Å². The van der Waals surface area contributed by atoms with Gasteiger partial charge in [-0.3, -0.25) is 9.59 Å². The quantitative estimate of drug-likeness (QED) is 0.728. The molecule has 0 bridgehead atoms. The molecule has 6 nitrogen and oxygen atoms in total. The average molecular weight is 362 g/mol. The molecule has 0 aliphatic rings. The van der Waals surface area contributed by atoms with Crippen LogP contribution in [0, 0.1) is 0 Å². The molecule has 0 saturated heterocycles. The number of anilines is 1. The standard InChI is InChI=1S/C21H22N4O2/c1-3-24(4-2)21(27)16-9-8-10-18(13-16)23-20(26)17-14-22-25(15-17)19-11-6-5-7-12-19/h5-15H,3-4H2,1-2H3,(H,23,26). The number of carbonyl (C=O) groups is 2. The molecule has 0 aliphatic carbocycles. The zero-order chi connectivity index (χ0) is 19.2. The molecule has 0 radical (unpaired) electrons. The van der Waals surface area contributed by atoms with Gasteiger partial charge >= 0.3 is 0 Å². The van der Waals surface area contributed by atoms with Gasteiger partial charge in [-0.1, -0.05) is 24.3 Å². The maximum Gasteiger partial charge on any atom is 0.258 e. The fourth-order valence-electron chi connectivity index (χ4n) is 2.79. The summed E-state index contributed by atoms with van der Waals surface area (Å²) >= 11 is 0. The monoisotopic (exact) mass is 362 g/mol. The minimum atomic E-state index is -0.274. The summed E-state index contributed by atoms with van der Waals surface area (Å²) in [6.07, 6.45) is 3.20. The molecule has 138 valence electrons. The number of hydrogen-bond donors (Lipinski definition) is 1. The van der Waals surface area contributed by atoms with E-state index in [9.17, 15) is 9.59 Å². The first-order valence-electron chi connectivity index (χ1n) is 8.93. The molecule has 6 heteroatoms. The van der Waals surface area contributed by atoms with Crippen molar-refractivity contribution in [2.75, 3.05) is 18.4 Å². The van der Waals surface area contributed by atoms with Crippen molar-refractivity contribution in [3.63, 3.8) is 0 Å². The van der Waals surface area contributed by atoms with Gasteiger partial charge in [0.1, 0.15) is 0 Å². The molecule has 1 aromatic heterocycles. The Morgan fingerprint density at radius 1 is 1.00 bits per heavy atom. The summed E-state index contributed by atoms with van der Waals surface area (Å²) in [7, 11) is 0. The maximum absolute atomic E-state index is 12.5. The van der Waals surface area contributed by atoms with Gasteiger partial charge < -0.3 is 10.2 Å². The van der Waals surface area contributed by atoms with E-state index in [2.05, 4.69) is 10.4 Å². The Morgan fingerprint density at radius 2 is 1.74 bits per heavy atom. The maximum atomic E-state index is 12.5. The molecule has 0 fully saturated rings. The number of nitrogens with zero attached hydrogens (tertiary/aromatic N) is 3. The van der Waals surface area contributed by atoms with Crippen LogP contribution < -0.4 is 5.32 Å². The average Bonchev–Trinajstić information content (AvgIpc) is 3.20. The van der Waals surface area contributed by atoms with E-state index in [-0.39, 0.29) is 11.8 Å². The van der Waals surface area contributed by atoms with E-state index in [1.54, 1.807) is 40.0 Å². The molecule has 0 saturated carbocycles. The Hall–Kier alpha value is -3.41. The third kappa shape index (κ3) is 4.23. The minimum absolute atomic E-state index is 0.0482. The van der Waals surface area contributed by atoms with Gasteiger partial charge in [0.2, 0.25) is 0 Å². The van der Waals surface area contributed by atoms with Crippen molar-refractivity contribution in [1.29, 1.82) is 0 Å². The fourth-order valence-corrected chi connectivity index (χ4v) is 2.79. The smallest absolute Gasteiger partial charge is 0.258 e. The first-order chi connectivity index (χ1) is 13.1. The highest BCUT2D eigenvalue weighted by molar-refractivity contribution is 6.04. The highest BCUT2D eigenvalue weighted by Gasteiger charge is 2.14. The van der Waals surface area contributed by atoms with E-state index >= 15 is 0 Å². The Labute approximate surface area is 158 Å². The van der Waals surface area contributed by atoms with Crippen LogP contribution in [0.5, 0.6) is 0 Å². The molecule has 0 spiro atoms. The Bertz CT molecular complexity index is 930. The van der Waals surface area contributed by atoms with E-state index in [0.717, 1.165) is 5.69 Å². The predicted molar refractivity (Wildman–Crippen MR) is 105 cm³/mol. The van der Waals surface area contributed by atoms with E-state index in [4.69, 9.17) is 0 Å². The third-order valence-corrected chi connectivity index (χ3v) is 4.28. The van der Waals surface area contributed by atoms with Crippen molar-refractivity contribution >= 4 is 17.5 Å². The molecule has 0 unspecified atom stereocenters. The molecule has 0 atom stereocenters. The van der Waals surface area contributed by atoms with Crippen LogP contribution in [0.4, 0.5) is 5.69 Å². The minimum Gasteiger partial charge on any atom is -0.339 e. The number of carbonyl (C=O) groups excluding carboxylic acids is 2. The molecule has 1 heterocycles. The summed E-state index contributed by atoms with van der Waals surface area (Å²) in [4.78, 5) is 26.7. The number of rotatable bonds is 6. The van der Waals surface area contributed by atoms with Crippen LogP contribution in [0.3, 0.4) is 0 Å². The number of amides is 2. The molecule has 2 amide bonds. The highest BCUT2D eigenvalue weighted by Crippen LogP contribution is 2.15. The summed E-state index contributed by atoms with van der Waals surface area (Å²) in [5.74, 6) is -0.322. The second-order valence-corrected chi connectivity index (χ2v) is 6.02. The van der Waals surface area contributed by atoms with Gasteiger partial charge in [-0.05, 0) is 44.2 Å². The summed E-state index contributed by atoms with van der Waals surface area (Å²) in [5.41, 5.74) is 2.45. The van der Waals surface area contributed by atoms with Gasteiger partial charge in [0.25, 0.3) is 11.8 Å². The first-order valence-corrected chi connectivity index (χ1v) is 8.93. The van der Waals surface area contributed by atoms with Crippen LogP contribution in [0.1, 0.15) is 34.6 Å². The van der Waals surface area contributed by atoms with E-state index in [1.807, 2.05) is 44.2 Å². The Morgan fingerprint density at radius 3 is 2.44 bits per heavy atom. The van der Waals surface area contributed by atoms with Crippen molar-refractivity contribution in [3.8, 4) is 5.69 Å². The second-order valence-electron chi connectivity index (χ2n) is 6.02. The van der Waals surface area contributed by atoms with Crippen molar-refractivity contribution in [3.05, 3.63) is 78.1 Å². The van der Waals surface area contributed by atoms with Gasteiger partial charge in [-0.15, -0.1) is 0 Å². The Balaban J connectivity index is 1.74. The van der Waals surface area contributed by atoms with E-state index in [1.165, 1.54) is 6.20 Å². The molecule has 2 aromatic carbocycles. The fraction of sp³-hybridized carbons (Fsp3) is 0.190. The Kier molecular flexibility index (Phi) is 5.66. The van der Waals surface area contributed by atoms with Gasteiger partial charge in [0.15, 0.2) is 0 Å². The number of nitrogens with one attached hydrogen (secondary N) is 1. The van der Waals surface area contributed by atoms with Gasteiger partial charge in [-0.25, -0.2) is 4.68 Å². The van der Waals surface area contributed by atoms with Crippen LogP contribution in [0.2, 0.25) is 0 Å². The normalized spacial score (nSPS) is 10.4. The topological polar surface area (TPSA) is 67.2 Å². The summed E-state index contributed by atoms with van der Waals surface area (Å²) in [5, 5.41) is 7.07. The predicted octanol–water partition coefficient (Wildman–Crippen LogP) is 3.61. The zero-order valence-electron chi connectivity index (χ0n) is 15.4. The summed E-state index contributed by atoms with van der Waals surface area (Å²) < 4.78 is 1.65. The molecular weight excluding hydrogens is 340 g/mol. The highest BCUT2D eigenvalue weighted by atomic mass is 16.2. The van der Waals surface area contributed by atoms with Crippen LogP contribution in [-0.4, -0.2) is 39.6 Å². The molecule has 3 rings (SSSR count). The van der Waals surface area contributed by atoms with Gasteiger partial charge in [-0.2, -0.15) is 5.10 Å². The lowest BCUT2D eigenvalue weighted by Crippen LogP contribution is -2.30. The number of aromatic nitrogens is 2. The second kappa shape index (κ2) is 8.31. The van der Waals surface area contributed by atoms with Crippen LogP contribution in [-0.2, 0) is 0 Å². The van der Waals surface area contributed by atoms with Crippen LogP contribution >= 0.6 is 0 Å². The van der Waals surface area contributed by atoms with Gasteiger partial charge in [0, 0.05) is 30.5 Å². The molecule has 1 N–H and O–H groups in total. The number of benzene rings is 2. The van der Waals surface area contributed by atoms with Crippen LogP contribution in [0.25, 0.3) is 5.69 Å². The molecular formula is C21H22N4O2. The SMILES string of the molecule is CCN(CC)C(=O)c1cccc(NC(=O)c2cnn(-c3ccccc3)c2)c1. The summed E-state index contributed by atoms with van der Waals surface area (Å²) in [6, 6.07) is 16.5. The zero-order valence-corrected chi connectivity index (χ0v) is 15.4. The molecule has 27 heavy (non-hydrogen) atoms. The number of hydrogen-bond acceptors (Lipinski definition) is 3. The van der Waals surface area contributed by atoms with Crippen molar-refractivity contribution < 1.29 is 9.59 Å². The van der Waals surface area contributed by atoms with Crippen LogP contribution in [0.15, 0.2) is 67.0 Å². The molecule has 0 aliphatic heterocycles. The number of para-hydroxylation sites is 1. The lowest BCUT2D eigenvalue weighted by atomic mass is 10.1. The molecule has 3 aromatic rings. The lowest BCUT2D eigenvalue weighted by Gasteiger charge is -2.18. The third-order valence-electron chi connectivity index (χ3n) is 4.28. The van der Waals surface area contributed by atoms with E-state index in [0.29, 0.717) is 29.9 Å². The largest absolute Gasteiger partial charge is 0.339 e.